The molecule has 2 aromatic rings. The van der Waals surface area contributed by atoms with E-state index in [-0.39, 0.29) is 16.2 Å². The molecule has 1 aromatic heterocycles. The quantitative estimate of drug-likeness (QED) is 0.840. The van der Waals surface area contributed by atoms with Crippen LogP contribution in [0.25, 0.3) is 11.4 Å². The monoisotopic (exact) mass is 345 g/mol. The number of hydrogen-bond donors (Lipinski definition) is 1. The molecule has 0 bridgehead atoms. The summed E-state index contributed by atoms with van der Waals surface area (Å²) >= 11 is 3.00. The molecule has 2 N–H and O–H groups in total. The van der Waals surface area contributed by atoms with Crippen LogP contribution in [0.15, 0.2) is 21.1 Å². The third-order valence-corrected chi connectivity index (χ3v) is 3.76. The molecular weight excluding hydrogens is 332 g/mol. The first-order valence-electron chi connectivity index (χ1n) is 6.26. The molecule has 0 aliphatic rings. The summed E-state index contributed by atoms with van der Waals surface area (Å²) < 4.78 is 31.7. The Labute approximate surface area is 123 Å². The third-order valence-electron chi connectivity index (χ3n) is 2.99. The van der Waals surface area contributed by atoms with Crippen LogP contribution in [-0.4, -0.2) is 16.7 Å². The van der Waals surface area contributed by atoms with Crippen molar-refractivity contribution in [2.75, 3.05) is 6.54 Å². The van der Waals surface area contributed by atoms with Gasteiger partial charge in [0.1, 0.15) is 0 Å². The molecule has 0 fully saturated rings. The molecule has 0 aliphatic heterocycles. The van der Waals surface area contributed by atoms with Crippen LogP contribution in [0, 0.1) is 11.6 Å². The van der Waals surface area contributed by atoms with Crippen LogP contribution in [0.4, 0.5) is 8.78 Å². The summed E-state index contributed by atoms with van der Waals surface area (Å²) in [6, 6.07) is 2.42. The van der Waals surface area contributed by atoms with Gasteiger partial charge in [0.2, 0.25) is 11.7 Å². The molecule has 0 amide bonds. The molecule has 0 aliphatic carbocycles. The molecule has 1 atom stereocenters. The summed E-state index contributed by atoms with van der Waals surface area (Å²) in [5.41, 5.74) is 6.01. The van der Waals surface area contributed by atoms with Crippen molar-refractivity contribution in [3.8, 4) is 11.4 Å². The minimum absolute atomic E-state index is 0.0229. The van der Waals surface area contributed by atoms with E-state index in [4.69, 9.17) is 10.3 Å². The van der Waals surface area contributed by atoms with E-state index in [0.29, 0.717) is 18.0 Å². The largest absolute Gasteiger partial charge is 0.339 e. The zero-order valence-corrected chi connectivity index (χ0v) is 12.5. The van der Waals surface area contributed by atoms with Gasteiger partial charge in [-0.1, -0.05) is 18.5 Å². The summed E-state index contributed by atoms with van der Waals surface area (Å²) in [6.45, 7) is 2.43. The van der Waals surface area contributed by atoms with Gasteiger partial charge < -0.3 is 10.3 Å². The Kier molecular flexibility index (Phi) is 4.82. The number of halogens is 3. The van der Waals surface area contributed by atoms with Crippen LogP contribution in [0.2, 0.25) is 0 Å². The Morgan fingerprint density at radius 2 is 2.15 bits per heavy atom. The van der Waals surface area contributed by atoms with Gasteiger partial charge in [0, 0.05) is 12.1 Å². The zero-order chi connectivity index (χ0) is 14.7. The molecule has 0 saturated carbocycles. The van der Waals surface area contributed by atoms with E-state index in [0.717, 1.165) is 18.9 Å². The topological polar surface area (TPSA) is 64.9 Å². The Bertz CT molecular complexity index is 603. The van der Waals surface area contributed by atoms with Crippen molar-refractivity contribution in [3.05, 3.63) is 34.1 Å². The van der Waals surface area contributed by atoms with Gasteiger partial charge in [0.05, 0.1) is 10.4 Å². The number of aromatic nitrogens is 2. The number of nitrogens with two attached hydrogens (primary N) is 1. The number of rotatable bonds is 5. The first kappa shape index (κ1) is 15.1. The minimum atomic E-state index is -0.974. The second-order valence-corrected chi connectivity index (χ2v) is 5.19. The molecule has 1 unspecified atom stereocenters. The predicted molar refractivity (Wildman–Crippen MR) is 74.1 cm³/mol. The number of hydrogen-bond acceptors (Lipinski definition) is 4. The average molecular weight is 346 g/mol. The predicted octanol–water partition coefficient (Wildman–Crippen LogP) is 3.62. The first-order valence-corrected chi connectivity index (χ1v) is 7.05. The fraction of sp³-hybridized carbons (Fsp3) is 0.385. The maximum absolute atomic E-state index is 13.5. The highest BCUT2D eigenvalue weighted by atomic mass is 79.9. The molecular formula is C13H14BrF2N3O. The SMILES string of the molecule is CCCC(CN)c1nc(-c2ccc(F)c(F)c2Br)no1. The van der Waals surface area contributed by atoms with Crippen LogP contribution < -0.4 is 5.73 Å². The number of nitrogens with zero attached hydrogens (tertiary/aromatic N) is 2. The van der Waals surface area contributed by atoms with Gasteiger partial charge in [-0.3, -0.25) is 0 Å². The smallest absolute Gasteiger partial charge is 0.231 e. The van der Waals surface area contributed by atoms with Gasteiger partial charge in [-0.05, 0) is 34.5 Å². The van der Waals surface area contributed by atoms with Crippen molar-refractivity contribution >= 4 is 15.9 Å². The van der Waals surface area contributed by atoms with Crippen molar-refractivity contribution in [1.82, 2.24) is 10.1 Å². The van der Waals surface area contributed by atoms with Crippen LogP contribution in [0.3, 0.4) is 0 Å². The van der Waals surface area contributed by atoms with Gasteiger partial charge in [-0.2, -0.15) is 4.98 Å². The van der Waals surface area contributed by atoms with Crippen LogP contribution in [-0.2, 0) is 0 Å². The maximum Gasteiger partial charge on any atom is 0.231 e. The standard InChI is InChI=1S/C13H14BrF2N3O/c1-2-3-7(6-17)13-18-12(19-20-13)8-4-5-9(15)11(16)10(8)14/h4-5,7H,2-3,6,17H2,1H3. The molecule has 0 radical (unpaired) electrons. The van der Waals surface area contributed by atoms with Crippen molar-refractivity contribution in [2.24, 2.45) is 5.73 Å². The van der Waals surface area contributed by atoms with Crippen molar-refractivity contribution in [1.29, 1.82) is 0 Å². The molecule has 20 heavy (non-hydrogen) atoms. The highest BCUT2D eigenvalue weighted by Gasteiger charge is 2.20. The van der Waals surface area contributed by atoms with E-state index in [1.54, 1.807) is 0 Å². The third kappa shape index (κ3) is 2.88. The van der Waals surface area contributed by atoms with Crippen molar-refractivity contribution < 1.29 is 13.3 Å². The minimum Gasteiger partial charge on any atom is -0.339 e. The normalized spacial score (nSPS) is 12.7. The Morgan fingerprint density at radius 1 is 1.40 bits per heavy atom. The van der Waals surface area contributed by atoms with Crippen molar-refractivity contribution in [2.45, 2.75) is 25.7 Å². The van der Waals surface area contributed by atoms with Gasteiger partial charge in [0.15, 0.2) is 11.6 Å². The van der Waals surface area contributed by atoms with Crippen LogP contribution >= 0.6 is 15.9 Å². The molecule has 1 heterocycles. The Hall–Kier alpha value is -1.34. The number of benzene rings is 1. The van der Waals surface area contributed by atoms with E-state index in [1.165, 1.54) is 6.07 Å². The summed E-state index contributed by atoms with van der Waals surface area (Å²) in [7, 11) is 0. The molecule has 1 aromatic carbocycles. The lowest BCUT2D eigenvalue weighted by Crippen LogP contribution is -2.12. The van der Waals surface area contributed by atoms with Gasteiger partial charge in [-0.25, -0.2) is 8.78 Å². The van der Waals surface area contributed by atoms with E-state index in [2.05, 4.69) is 26.1 Å². The summed E-state index contributed by atoms with van der Waals surface area (Å²) in [5.74, 6) is -1.31. The highest BCUT2D eigenvalue weighted by molar-refractivity contribution is 9.10. The maximum atomic E-state index is 13.5. The summed E-state index contributed by atoms with van der Waals surface area (Å²) in [6.07, 6.45) is 1.77. The molecule has 0 spiro atoms. The lowest BCUT2D eigenvalue weighted by atomic mass is 10.0. The van der Waals surface area contributed by atoms with Gasteiger partial charge >= 0.3 is 0 Å². The van der Waals surface area contributed by atoms with E-state index < -0.39 is 11.6 Å². The molecule has 7 heteroatoms. The molecule has 4 nitrogen and oxygen atoms in total. The second kappa shape index (κ2) is 6.41. The van der Waals surface area contributed by atoms with Crippen LogP contribution in [0.1, 0.15) is 31.6 Å². The van der Waals surface area contributed by atoms with E-state index in [9.17, 15) is 8.78 Å². The van der Waals surface area contributed by atoms with E-state index in [1.807, 2.05) is 6.92 Å². The Morgan fingerprint density at radius 3 is 2.80 bits per heavy atom. The fourth-order valence-electron chi connectivity index (χ4n) is 1.90. The van der Waals surface area contributed by atoms with E-state index >= 15 is 0 Å². The molecule has 0 saturated heterocycles. The fourth-order valence-corrected chi connectivity index (χ4v) is 2.40. The summed E-state index contributed by atoms with van der Waals surface area (Å²) in [4.78, 5) is 4.22. The van der Waals surface area contributed by atoms with Gasteiger partial charge in [-0.15, -0.1) is 0 Å². The van der Waals surface area contributed by atoms with Gasteiger partial charge in [0.25, 0.3) is 0 Å². The highest BCUT2D eigenvalue weighted by Crippen LogP contribution is 2.31. The summed E-state index contributed by atoms with van der Waals surface area (Å²) in [5, 5.41) is 3.81. The van der Waals surface area contributed by atoms with Crippen molar-refractivity contribution in [3.63, 3.8) is 0 Å². The first-order chi connectivity index (χ1) is 9.58. The molecule has 2 rings (SSSR count). The lowest BCUT2D eigenvalue weighted by molar-refractivity contribution is 0.347. The zero-order valence-electron chi connectivity index (χ0n) is 10.9. The molecule has 108 valence electrons. The Balaban J connectivity index is 2.36. The average Bonchev–Trinajstić information content (AvgIpc) is 2.91. The lowest BCUT2D eigenvalue weighted by Gasteiger charge is -2.06. The van der Waals surface area contributed by atoms with Crippen LogP contribution in [0.5, 0.6) is 0 Å². The second-order valence-electron chi connectivity index (χ2n) is 4.40.